The SMILES string of the molecule is O=S(=O)(Nc1ccn[nH]1)c1ncccc1F. The van der Waals surface area contributed by atoms with Gasteiger partial charge in [0.1, 0.15) is 5.82 Å². The van der Waals surface area contributed by atoms with Crippen molar-refractivity contribution in [1.29, 1.82) is 0 Å². The molecular weight excluding hydrogens is 235 g/mol. The van der Waals surface area contributed by atoms with Gasteiger partial charge < -0.3 is 0 Å². The van der Waals surface area contributed by atoms with Crippen LogP contribution in [0.1, 0.15) is 0 Å². The van der Waals surface area contributed by atoms with E-state index in [9.17, 15) is 12.8 Å². The highest BCUT2D eigenvalue weighted by Gasteiger charge is 2.20. The van der Waals surface area contributed by atoms with Gasteiger partial charge in [0.2, 0.25) is 5.03 Å². The van der Waals surface area contributed by atoms with Crippen LogP contribution in [0.25, 0.3) is 0 Å². The van der Waals surface area contributed by atoms with Gasteiger partial charge in [0, 0.05) is 12.3 Å². The lowest BCUT2D eigenvalue weighted by Crippen LogP contribution is -2.16. The summed E-state index contributed by atoms with van der Waals surface area (Å²) < 4.78 is 38.6. The molecule has 0 spiro atoms. The van der Waals surface area contributed by atoms with E-state index in [1.54, 1.807) is 0 Å². The fraction of sp³-hybridized carbons (Fsp3) is 0. The average molecular weight is 242 g/mol. The van der Waals surface area contributed by atoms with Crippen molar-refractivity contribution in [3.8, 4) is 0 Å². The number of nitrogens with zero attached hydrogens (tertiary/aromatic N) is 2. The molecule has 2 aromatic rings. The van der Waals surface area contributed by atoms with E-state index < -0.39 is 20.9 Å². The number of sulfonamides is 1. The minimum atomic E-state index is -4.02. The smallest absolute Gasteiger partial charge is 0.262 e. The summed E-state index contributed by atoms with van der Waals surface area (Å²) in [5.41, 5.74) is 0. The van der Waals surface area contributed by atoms with Crippen LogP contribution in [0.4, 0.5) is 10.2 Å². The molecule has 0 saturated heterocycles. The maximum Gasteiger partial charge on any atom is 0.283 e. The molecule has 8 heteroatoms. The van der Waals surface area contributed by atoms with Crippen molar-refractivity contribution in [2.45, 2.75) is 5.03 Å². The van der Waals surface area contributed by atoms with Gasteiger partial charge in [-0.2, -0.15) is 13.5 Å². The number of H-pyrrole nitrogens is 1. The van der Waals surface area contributed by atoms with Gasteiger partial charge in [0.05, 0.1) is 6.20 Å². The van der Waals surface area contributed by atoms with Crippen molar-refractivity contribution in [2.24, 2.45) is 0 Å². The third-order valence-corrected chi connectivity index (χ3v) is 3.02. The molecule has 0 saturated carbocycles. The molecule has 0 atom stereocenters. The summed E-state index contributed by atoms with van der Waals surface area (Å²) in [5.74, 6) is -0.764. The summed E-state index contributed by atoms with van der Waals surface area (Å²) in [6.45, 7) is 0. The summed E-state index contributed by atoms with van der Waals surface area (Å²) in [6.07, 6.45) is 2.57. The zero-order valence-corrected chi connectivity index (χ0v) is 8.70. The third-order valence-electron chi connectivity index (χ3n) is 1.72. The standard InChI is InChI=1S/C8H7FN4O2S/c9-6-2-1-4-10-8(6)16(14,15)13-7-3-5-11-12-7/h1-5H,(H2,11,12,13). The van der Waals surface area contributed by atoms with Crippen LogP contribution in [0.5, 0.6) is 0 Å². The Kier molecular flexibility index (Phi) is 2.57. The molecular formula is C8H7FN4O2S. The Balaban J connectivity index is 2.37. The van der Waals surface area contributed by atoms with Gasteiger partial charge in [0.25, 0.3) is 10.0 Å². The molecule has 0 unspecified atom stereocenters. The number of rotatable bonds is 3. The molecule has 2 aromatic heterocycles. The van der Waals surface area contributed by atoms with Gasteiger partial charge in [-0.05, 0) is 12.1 Å². The van der Waals surface area contributed by atoms with Crippen LogP contribution in [0.2, 0.25) is 0 Å². The number of anilines is 1. The van der Waals surface area contributed by atoms with E-state index in [0.717, 1.165) is 6.07 Å². The van der Waals surface area contributed by atoms with Crippen LogP contribution in [-0.2, 0) is 10.0 Å². The van der Waals surface area contributed by atoms with Crippen molar-refractivity contribution in [3.63, 3.8) is 0 Å². The fourth-order valence-electron chi connectivity index (χ4n) is 1.07. The van der Waals surface area contributed by atoms with E-state index in [1.807, 2.05) is 0 Å². The van der Waals surface area contributed by atoms with Gasteiger partial charge in [-0.15, -0.1) is 0 Å². The number of nitrogens with one attached hydrogen (secondary N) is 2. The zero-order chi connectivity index (χ0) is 11.6. The van der Waals surface area contributed by atoms with Crippen LogP contribution in [0.15, 0.2) is 35.6 Å². The lowest BCUT2D eigenvalue weighted by atomic mass is 10.5. The van der Waals surface area contributed by atoms with E-state index in [2.05, 4.69) is 19.9 Å². The first kappa shape index (κ1) is 10.6. The fourth-order valence-corrected chi connectivity index (χ4v) is 2.10. The first-order valence-electron chi connectivity index (χ1n) is 4.22. The molecule has 0 amide bonds. The maximum atomic E-state index is 13.2. The van der Waals surface area contributed by atoms with Crippen LogP contribution < -0.4 is 4.72 Å². The number of pyridine rings is 1. The van der Waals surface area contributed by atoms with Crippen LogP contribution in [0, 0.1) is 5.82 Å². The number of halogens is 1. The molecule has 84 valence electrons. The molecule has 2 heterocycles. The highest BCUT2D eigenvalue weighted by molar-refractivity contribution is 7.92. The zero-order valence-electron chi connectivity index (χ0n) is 7.88. The number of aromatic amines is 1. The van der Waals surface area contributed by atoms with Gasteiger partial charge in [-0.25, -0.2) is 9.37 Å². The lowest BCUT2D eigenvalue weighted by Gasteiger charge is -2.04. The molecule has 0 aromatic carbocycles. The minimum Gasteiger partial charge on any atom is -0.262 e. The van der Waals surface area contributed by atoms with Gasteiger partial charge in [-0.3, -0.25) is 9.82 Å². The second-order valence-corrected chi connectivity index (χ2v) is 4.46. The predicted molar refractivity (Wildman–Crippen MR) is 53.6 cm³/mol. The molecule has 0 aliphatic heterocycles. The summed E-state index contributed by atoms with van der Waals surface area (Å²) in [5, 5.41) is 5.30. The highest BCUT2D eigenvalue weighted by atomic mass is 32.2. The second kappa shape index (κ2) is 3.89. The topological polar surface area (TPSA) is 87.7 Å². The largest absolute Gasteiger partial charge is 0.283 e. The highest BCUT2D eigenvalue weighted by Crippen LogP contribution is 2.13. The Morgan fingerprint density at radius 2 is 2.12 bits per heavy atom. The van der Waals surface area contributed by atoms with Crippen molar-refractivity contribution in [3.05, 3.63) is 36.4 Å². The van der Waals surface area contributed by atoms with Gasteiger partial charge in [-0.1, -0.05) is 0 Å². The second-order valence-electron chi connectivity index (χ2n) is 2.87. The summed E-state index contributed by atoms with van der Waals surface area (Å²) in [7, 11) is -4.02. The number of hydrogen-bond acceptors (Lipinski definition) is 4. The molecule has 16 heavy (non-hydrogen) atoms. The van der Waals surface area contributed by atoms with Gasteiger partial charge in [0.15, 0.2) is 5.82 Å². The quantitative estimate of drug-likeness (QED) is 0.831. The van der Waals surface area contributed by atoms with Crippen LogP contribution >= 0.6 is 0 Å². The molecule has 2 rings (SSSR count). The summed E-state index contributed by atoms with van der Waals surface area (Å²) >= 11 is 0. The van der Waals surface area contributed by atoms with E-state index in [4.69, 9.17) is 0 Å². The average Bonchev–Trinajstić information content (AvgIpc) is 2.70. The Hall–Kier alpha value is -1.96. The van der Waals surface area contributed by atoms with E-state index in [1.165, 1.54) is 24.5 Å². The van der Waals surface area contributed by atoms with E-state index in [-0.39, 0.29) is 5.82 Å². The minimum absolute atomic E-state index is 0.144. The molecule has 0 fully saturated rings. The molecule has 2 N–H and O–H groups in total. The number of hydrogen-bond donors (Lipinski definition) is 2. The van der Waals surface area contributed by atoms with Crippen molar-refractivity contribution >= 4 is 15.8 Å². The molecule has 0 radical (unpaired) electrons. The third kappa shape index (κ3) is 2.01. The first-order valence-corrected chi connectivity index (χ1v) is 5.70. The van der Waals surface area contributed by atoms with Crippen LogP contribution in [-0.4, -0.2) is 23.6 Å². The van der Waals surface area contributed by atoms with Crippen molar-refractivity contribution < 1.29 is 12.8 Å². The predicted octanol–water partition coefficient (Wildman–Crippen LogP) is 0.745. The van der Waals surface area contributed by atoms with Crippen molar-refractivity contribution in [1.82, 2.24) is 15.2 Å². The lowest BCUT2D eigenvalue weighted by molar-refractivity contribution is 0.556. The molecule has 6 nitrogen and oxygen atoms in total. The van der Waals surface area contributed by atoms with Gasteiger partial charge >= 0.3 is 0 Å². The Morgan fingerprint density at radius 1 is 1.31 bits per heavy atom. The molecule has 0 aliphatic rings. The Bertz CT molecular complexity index is 582. The van der Waals surface area contributed by atoms with Crippen LogP contribution in [0.3, 0.4) is 0 Å². The molecule has 0 aliphatic carbocycles. The number of aromatic nitrogens is 3. The maximum absolute atomic E-state index is 13.2. The van der Waals surface area contributed by atoms with Crippen molar-refractivity contribution in [2.75, 3.05) is 4.72 Å². The summed E-state index contributed by atoms with van der Waals surface area (Å²) in [6, 6.07) is 3.73. The van der Waals surface area contributed by atoms with E-state index in [0.29, 0.717) is 0 Å². The monoisotopic (exact) mass is 242 g/mol. The summed E-state index contributed by atoms with van der Waals surface area (Å²) in [4.78, 5) is 3.47. The first-order chi connectivity index (χ1) is 7.59. The molecule has 0 bridgehead atoms. The normalized spacial score (nSPS) is 11.3. The Morgan fingerprint density at radius 3 is 2.75 bits per heavy atom. The Labute approximate surface area is 90.6 Å². The van der Waals surface area contributed by atoms with E-state index >= 15 is 0 Å².